The summed E-state index contributed by atoms with van der Waals surface area (Å²) in [5, 5.41) is 9.22. The minimum absolute atomic E-state index is 0.00403. The Morgan fingerprint density at radius 1 is 1.26 bits per heavy atom. The van der Waals surface area contributed by atoms with Gasteiger partial charge in [-0.05, 0) is 38.3 Å². The zero-order valence-electron chi connectivity index (χ0n) is 10.9. The summed E-state index contributed by atoms with van der Waals surface area (Å²) < 4.78 is 0. The van der Waals surface area contributed by atoms with Crippen molar-refractivity contribution in [2.45, 2.75) is 26.2 Å². The van der Waals surface area contributed by atoms with Crippen molar-refractivity contribution in [2.75, 3.05) is 0 Å². The smallest absolute Gasteiger partial charge is 0.211 e. The first-order chi connectivity index (χ1) is 9.15. The van der Waals surface area contributed by atoms with Crippen molar-refractivity contribution in [3.05, 3.63) is 35.0 Å². The summed E-state index contributed by atoms with van der Waals surface area (Å²) in [6.45, 7) is 2.09. The highest BCUT2D eigenvalue weighted by Gasteiger charge is 2.21. The second kappa shape index (κ2) is 4.42. The molecule has 0 saturated carbocycles. The summed E-state index contributed by atoms with van der Waals surface area (Å²) >= 11 is 0. The molecule has 3 rings (SSSR count). The Bertz CT molecular complexity index is 689. The quantitative estimate of drug-likeness (QED) is 0.412. The van der Waals surface area contributed by atoms with Gasteiger partial charge in [0.2, 0.25) is 5.96 Å². The third-order valence-electron chi connectivity index (χ3n) is 3.45. The van der Waals surface area contributed by atoms with E-state index in [1.807, 2.05) is 0 Å². The highest BCUT2D eigenvalue weighted by atomic mass is 15.3. The van der Waals surface area contributed by atoms with Crippen LogP contribution in [0.3, 0.4) is 0 Å². The molecular formula is C14H17N5. The number of rotatable bonds is 1. The minimum Gasteiger partial charge on any atom is -0.369 e. The normalized spacial score (nSPS) is 16.6. The van der Waals surface area contributed by atoms with Crippen molar-refractivity contribution < 1.29 is 0 Å². The van der Waals surface area contributed by atoms with Gasteiger partial charge in [-0.2, -0.15) is 5.10 Å². The van der Waals surface area contributed by atoms with Crippen LogP contribution in [0.4, 0.5) is 0 Å². The van der Waals surface area contributed by atoms with Crippen LogP contribution in [0.5, 0.6) is 0 Å². The number of nitrogens with zero attached hydrogens (tertiary/aromatic N) is 2. The van der Waals surface area contributed by atoms with Gasteiger partial charge in [-0.25, -0.2) is 0 Å². The van der Waals surface area contributed by atoms with Crippen LogP contribution >= 0.6 is 0 Å². The van der Waals surface area contributed by atoms with Crippen molar-refractivity contribution in [3.63, 3.8) is 0 Å². The Balaban J connectivity index is 2.22. The molecule has 0 amide bonds. The number of aromatic amines is 1. The number of aryl methyl sites for hydroxylation is 2. The van der Waals surface area contributed by atoms with Crippen molar-refractivity contribution in [3.8, 4) is 0 Å². The summed E-state index contributed by atoms with van der Waals surface area (Å²) in [5.41, 5.74) is 16.5. The maximum Gasteiger partial charge on any atom is 0.211 e. The molecule has 5 nitrogen and oxygen atoms in total. The van der Waals surface area contributed by atoms with E-state index in [1.165, 1.54) is 22.2 Å². The van der Waals surface area contributed by atoms with Gasteiger partial charge in [-0.1, -0.05) is 11.6 Å². The predicted molar refractivity (Wildman–Crippen MR) is 78.3 cm³/mol. The molecule has 0 aliphatic heterocycles. The van der Waals surface area contributed by atoms with Crippen LogP contribution in [0.2, 0.25) is 0 Å². The zero-order valence-corrected chi connectivity index (χ0v) is 10.9. The Morgan fingerprint density at radius 2 is 2.11 bits per heavy atom. The fourth-order valence-corrected chi connectivity index (χ4v) is 2.65. The van der Waals surface area contributed by atoms with E-state index < -0.39 is 0 Å². The van der Waals surface area contributed by atoms with E-state index in [0.717, 1.165) is 30.5 Å². The van der Waals surface area contributed by atoms with Gasteiger partial charge in [0.15, 0.2) is 0 Å². The highest BCUT2D eigenvalue weighted by molar-refractivity contribution is 6.12. The van der Waals surface area contributed by atoms with E-state index in [4.69, 9.17) is 11.5 Å². The number of hydrogen-bond donors (Lipinski definition) is 3. The summed E-state index contributed by atoms with van der Waals surface area (Å²) in [5.74, 6) is -0.00403. The number of fused-ring (bicyclic) bond motifs is 3. The highest BCUT2D eigenvalue weighted by Crippen LogP contribution is 2.30. The molecule has 1 heterocycles. The van der Waals surface area contributed by atoms with E-state index in [2.05, 4.69) is 40.3 Å². The summed E-state index contributed by atoms with van der Waals surface area (Å²) in [6.07, 6.45) is 3.02. The minimum atomic E-state index is -0.00403. The fraction of sp³-hybridized carbons (Fsp3) is 0.286. The molecule has 1 aliphatic rings. The molecule has 0 fully saturated rings. The number of guanidine groups is 1. The molecule has 2 aromatic rings. The van der Waals surface area contributed by atoms with Crippen molar-refractivity contribution in [2.24, 2.45) is 21.7 Å². The Kier molecular flexibility index (Phi) is 2.74. The first-order valence-electron chi connectivity index (χ1n) is 6.42. The van der Waals surface area contributed by atoms with E-state index >= 15 is 0 Å². The molecule has 0 atom stereocenters. The number of hydrogen-bond acceptors (Lipinski definition) is 2. The molecule has 0 radical (unpaired) electrons. The average Bonchev–Trinajstić information content (AvgIpc) is 2.74. The monoisotopic (exact) mass is 255 g/mol. The summed E-state index contributed by atoms with van der Waals surface area (Å²) in [4.78, 5) is 3.47. The number of aromatic nitrogens is 1. The summed E-state index contributed by atoms with van der Waals surface area (Å²) in [6, 6.07) is 6.40. The number of benzene rings is 1. The molecule has 98 valence electrons. The van der Waals surface area contributed by atoms with E-state index in [1.54, 1.807) is 0 Å². The molecule has 1 aromatic heterocycles. The lowest BCUT2D eigenvalue weighted by Gasteiger charge is -2.13. The average molecular weight is 255 g/mol. The zero-order chi connectivity index (χ0) is 13.4. The van der Waals surface area contributed by atoms with E-state index in [0.29, 0.717) is 0 Å². The van der Waals surface area contributed by atoms with Crippen molar-refractivity contribution >= 4 is 22.6 Å². The van der Waals surface area contributed by atoms with Gasteiger partial charge in [0.1, 0.15) is 0 Å². The Hall–Kier alpha value is -2.30. The summed E-state index contributed by atoms with van der Waals surface area (Å²) in [7, 11) is 0. The Morgan fingerprint density at radius 3 is 2.89 bits per heavy atom. The SMILES string of the molecule is Cc1ccc2[nH]c3c(c2c1)C(=NN=C(N)N)CCC3. The van der Waals surface area contributed by atoms with Gasteiger partial charge in [-0.15, -0.1) is 5.10 Å². The number of nitrogens with two attached hydrogens (primary N) is 2. The van der Waals surface area contributed by atoms with Crippen LogP contribution in [0.25, 0.3) is 10.9 Å². The molecule has 19 heavy (non-hydrogen) atoms. The van der Waals surface area contributed by atoms with Crippen molar-refractivity contribution in [1.29, 1.82) is 0 Å². The number of H-pyrrole nitrogens is 1. The van der Waals surface area contributed by atoms with Gasteiger partial charge in [0.05, 0.1) is 5.71 Å². The third-order valence-corrected chi connectivity index (χ3v) is 3.45. The number of nitrogens with one attached hydrogen (secondary N) is 1. The van der Waals surface area contributed by atoms with Crippen LogP contribution in [0, 0.1) is 6.92 Å². The lowest BCUT2D eigenvalue weighted by molar-refractivity contribution is 0.818. The maximum atomic E-state index is 5.35. The lowest BCUT2D eigenvalue weighted by atomic mass is 9.93. The molecular weight excluding hydrogens is 238 g/mol. The Labute approximate surface area is 111 Å². The predicted octanol–water partition coefficient (Wildman–Crippen LogP) is 1.79. The lowest BCUT2D eigenvalue weighted by Crippen LogP contribution is -2.22. The molecule has 1 aromatic carbocycles. The van der Waals surface area contributed by atoms with Gasteiger partial charge in [0.25, 0.3) is 0 Å². The van der Waals surface area contributed by atoms with Crippen LogP contribution in [0.15, 0.2) is 28.4 Å². The molecule has 5 N–H and O–H groups in total. The largest absolute Gasteiger partial charge is 0.369 e. The molecule has 0 unspecified atom stereocenters. The molecule has 0 saturated heterocycles. The van der Waals surface area contributed by atoms with Crippen LogP contribution in [0.1, 0.15) is 29.7 Å². The molecule has 5 heteroatoms. The van der Waals surface area contributed by atoms with Crippen LogP contribution in [-0.2, 0) is 6.42 Å². The first kappa shape index (κ1) is 11.8. The molecule has 0 spiro atoms. The third kappa shape index (κ3) is 2.07. The van der Waals surface area contributed by atoms with Crippen molar-refractivity contribution in [1.82, 2.24) is 4.98 Å². The van der Waals surface area contributed by atoms with Crippen LogP contribution < -0.4 is 11.5 Å². The van der Waals surface area contributed by atoms with Crippen LogP contribution in [-0.4, -0.2) is 16.7 Å². The van der Waals surface area contributed by atoms with E-state index in [-0.39, 0.29) is 5.96 Å². The van der Waals surface area contributed by atoms with Gasteiger partial charge in [-0.3, -0.25) is 0 Å². The van der Waals surface area contributed by atoms with Gasteiger partial charge < -0.3 is 16.5 Å². The first-order valence-corrected chi connectivity index (χ1v) is 6.42. The second-order valence-corrected chi connectivity index (χ2v) is 4.95. The van der Waals surface area contributed by atoms with Gasteiger partial charge >= 0.3 is 0 Å². The van der Waals surface area contributed by atoms with E-state index in [9.17, 15) is 0 Å². The van der Waals surface area contributed by atoms with Gasteiger partial charge in [0, 0.05) is 22.2 Å². The second-order valence-electron chi connectivity index (χ2n) is 4.95. The topological polar surface area (TPSA) is 92.5 Å². The fourth-order valence-electron chi connectivity index (χ4n) is 2.65. The molecule has 0 bridgehead atoms. The molecule has 1 aliphatic carbocycles. The maximum absolute atomic E-state index is 5.35. The standard InChI is InChI=1S/C14H17N5/c1-8-5-6-10-9(7-8)13-11(17-10)3-2-4-12(13)18-19-14(15)16/h5-7,17H,2-4H2,1H3,(H4,15,16,19).